The molecule has 1 fully saturated rings. The largest absolute Gasteiger partial charge is 0.396 e. The van der Waals surface area contributed by atoms with E-state index in [1.165, 1.54) is 0 Å². The van der Waals surface area contributed by atoms with Crippen molar-refractivity contribution in [3.8, 4) is 11.1 Å². The molecule has 1 aliphatic heterocycles. The number of piperazine rings is 1. The van der Waals surface area contributed by atoms with Crippen molar-refractivity contribution in [2.75, 3.05) is 43.0 Å². The normalized spacial score (nSPS) is 14.0. The van der Waals surface area contributed by atoms with Crippen LogP contribution in [0.4, 0.5) is 17.2 Å². The summed E-state index contributed by atoms with van der Waals surface area (Å²) in [6.45, 7) is 4.83. The van der Waals surface area contributed by atoms with Crippen LogP contribution >= 0.6 is 0 Å². The van der Waals surface area contributed by atoms with Crippen molar-refractivity contribution in [2.24, 2.45) is 0 Å². The Morgan fingerprint density at radius 1 is 1.08 bits per heavy atom. The Bertz CT molecular complexity index is 1560. The Morgan fingerprint density at radius 2 is 1.95 bits per heavy atom. The third kappa shape index (κ3) is 4.49. The Hall–Kier alpha value is -4.37. The number of aromatic nitrogens is 4. The van der Waals surface area contributed by atoms with E-state index in [0.29, 0.717) is 6.42 Å². The topological polar surface area (TPSA) is 102 Å². The number of hydrogen-bond donors (Lipinski definition) is 3. The van der Waals surface area contributed by atoms with Gasteiger partial charge in [-0.25, -0.2) is 9.97 Å². The van der Waals surface area contributed by atoms with Gasteiger partial charge in [0.05, 0.1) is 17.6 Å². The zero-order chi connectivity index (χ0) is 25.4. The number of aromatic amines is 1. The number of hydrogen-bond acceptors (Lipinski definition) is 6. The summed E-state index contributed by atoms with van der Waals surface area (Å²) >= 11 is 0. The average molecular weight is 496 g/mol. The molecule has 0 unspecified atom stereocenters. The van der Waals surface area contributed by atoms with Gasteiger partial charge >= 0.3 is 0 Å². The number of nitrogens with zero attached hydrogens (tertiary/aromatic N) is 5. The van der Waals surface area contributed by atoms with E-state index in [1.807, 2.05) is 34.0 Å². The molecule has 3 N–H and O–H groups in total. The summed E-state index contributed by atoms with van der Waals surface area (Å²) in [5, 5.41) is 13.9. The molecule has 0 radical (unpaired) electrons. The lowest BCUT2D eigenvalue weighted by Gasteiger charge is -2.35. The van der Waals surface area contributed by atoms with Gasteiger partial charge in [0.2, 0.25) is 5.91 Å². The fourth-order valence-corrected chi connectivity index (χ4v) is 5.04. The van der Waals surface area contributed by atoms with Gasteiger partial charge in [0.15, 0.2) is 5.65 Å². The molecule has 9 nitrogen and oxygen atoms in total. The smallest absolute Gasteiger partial charge is 0.219 e. The quantitative estimate of drug-likeness (QED) is 0.331. The fourth-order valence-electron chi connectivity index (χ4n) is 5.04. The number of carbonyl (C=O) groups is 1. The molecule has 9 heteroatoms. The van der Waals surface area contributed by atoms with Crippen LogP contribution in [0.1, 0.15) is 12.5 Å². The number of benzene rings is 1. The number of nitrogens with one attached hydrogen (secondary N) is 2. The van der Waals surface area contributed by atoms with Crippen LogP contribution in [-0.4, -0.2) is 68.1 Å². The van der Waals surface area contributed by atoms with Gasteiger partial charge in [0.1, 0.15) is 5.82 Å². The molecule has 5 aromatic rings. The van der Waals surface area contributed by atoms with E-state index in [4.69, 9.17) is 0 Å². The minimum Gasteiger partial charge on any atom is -0.396 e. The third-order valence-electron chi connectivity index (χ3n) is 7.07. The number of aliphatic hydroxyl groups excluding tert-OH is 1. The first-order chi connectivity index (χ1) is 18.1. The standard InChI is InChI=1S/C28H29N7O2/c1-19(37)33-9-11-34(12-10-33)23-3-5-27(31-17-23)32-26-15-22(18-35-8-7-29-28(26)35)20-2-4-24-21(6-13-36)16-30-25(24)14-20/h2-5,7-8,14-18,30,36H,6,9-13H2,1H3,(H,31,32). The lowest BCUT2D eigenvalue weighted by Crippen LogP contribution is -2.48. The second kappa shape index (κ2) is 9.59. The highest BCUT2D eigenvalue weighted by Crippen LogP contribution is 2.31. The van der Waals surface area contributed by atoms with Gasteiger partial charge in [-0.2, -0.15) is 0 Å². The summed E-state index contributed by atoms with van der Waals surface area (Å²) in [6.07, 6.45) is 10.3. The molecule has 4 aromatic heterocycles. The number of pyridine rings is 2. The molecule has 5 heterocycles. The summed E-state index contributed by atoms with van der Waals surface area (Å²) in [7, 11) is 0. The molecule has 0 bridgehead atoms. The Kier molecular flexibility index (Phi) is 5.97. The molecular formula is C28H29N7O2. The van der Waals surface area contributed by atoms with Crippen LogP contribution < -0.4 is 10.2 Å². The van der Waals surface area contributed by atoms with Crippen LogP contribution in [0.2, 0.25) is 0 Å². The van der Waals surface area contributed by atoms with Crippen LogP contribution in [0, 0.1) is 0 Å². The number of imidazole rings is 1. The summed E-state index contributed by atoms with van der Waals surface area (Å²) in [6, 6.07) is 12.5. The van der Waals surface area contributed by atoms with Gasteiger partial charge in [-0.1, -0.05) is 12.1 Å². The second-order valence-corrected chi connectivity index (χ2v) is 9.37. The molecule has 1 aliphatic rings. The van der Waals surface area contributed by atoms with Crippen molar-refractivity contribution in [3.05, 3.63) is 72.9 Å². The van der Waals surface area contributed by atoms with E-state index in [0.717, 1.165) is 76.6 Å². The Labute approximate surface area is 214 Å². The van der Waals surface area contributed by atoms with E-state index in [1.54, 1.807) is 13.1 Å². The van der Waals surface area contributed by atoms with E-state index < -0.39 is 0 Å². The van der Waals surface area contributed by atoms with Crippen molar-refractivity contribution in [1.82, 2.24) is 24.3 Å². The van der Waals surface area contributed by atoms with E-state index in [2.05, 4.69) is 61.7 Å². The minimum atomic E-state index is 0.129. The predicted molar refractivity (Wildman–Crippen MR) is 145 cm³/mol. The molecule has 1 saturated heterocycles. The Morgan fingerprint density at radius 3 is 2.70 bits per heavy atom. The fraction of sp³-hybridized carbons (Fsp3) is 0.250. The molecule has 1 aromatic carbocycles. The number of carbonyl (C=O) groups excluding carboxylic acids is 1. The summed E-state index contributed by atoms with van der Waals surface area (Å²) in [4.78, 5) is 28.3. The zero-order valence-corrected chi connectivity index (χ0v) is 20.7. The van der Waals surface area contributed by atoms with Crippen LogP contribution in [0.5, 0.6) is 0 Å². The Balaban J connectivity index is 1.25. The van der Waals surface area contributed by atoms with Crippen molar-refractivity contribution >= 4 is 39.6 Å². The summed E-state index contributed by atoms with van der Waals surface area (Å²) < 4.78 is 2.01. The molecular weight excluding hydrogens is 466 g/mol. The van der Waals surface area contributed by atoms with Gasteiger partial charge in [-0.05, 0) is 41.8 Å². The minimum absolute atomic E-state index is 0.129. The highest BCUT2D eigenvalue weighted by atomic mass is 16.3. The highest BCUT2D eigenvalue weighted by molar-refractivity contribution is 5.89. The van der Waals surface area contributed by atoms with Gasteiger partial charge in [0, 0.05) is 81.0 Å². The van der Waals surface area contributed by atoms with Crippen LogP contribution in [0.15, 0.2) is 67.4 Å². The highest BCUT2D eigenvalue weighted by Gasteiger charge is 2.19. The predicted octanol–water partition coefficient (Wildman–Crippen LogP) is 3.82. The number of amides is 1. The van der Waals surface area contributed by atoms with E-state index in [-0.39, 0.29) is 12.5 Å². The SMILES string of the molecule is CC(=O)N1CCN(c2ccc(Nc3cc(-c4ccc5c(CCO)c[nH]c5c4)cn4ccnc34)nc2)CC1. The van der Waals surface area contributed by atoms with E-state index >= 15 is 0 Å². The first-order valence-electron chi connectivity index (χ1n) is 12.5. The number of aliphatic hydroxyl groups is 1. The molecule has 0 aliphatic carbocycles. The second-order valence-electron chi connectivity index (χ2n) is 9.37. The van der Waals surface area contributed by atoms with Gasteiger partial charge in [0.25, 0.3) is 0 Å². The molecule has 0 atom stereocenters. The lowest BCUT2D eigenvalue weighted by atomic mass is 10.0. The average Bonchev–Trinajstić information content (AvgIpc) is 3.56. The zero-order valence-electron chi connectivity index (χ0n) is 20.7. The monoisotopic (exact) mass is 495 g/mol. The molecule has 6 rings (SSSR count). The third-order valence-corrected chi connectivity index (χ3v) is 7.07. The van der Waals surface area contributed by atoms with Crippen molar-refractivity contribution in [1.29, 1.82) is 0 Å². The lowest BCUT2D eigenvalue weighted by molar-refractivity contribution is -0.129. The molecule has 188 valence electrons. The molecule has 0 spiro atoms. The maximum atomic E-state index is 11.6. The van der Waals surface area contributed by atoms with Crippen molar-refractivity contribution in [3.63, 3.8) is 0 Å². The van der Waals surface area contributed by atoms with Gasteiger partial charge < -0.3 is 29.6 Å². The number of H-pyrrole nitrogens is 1. The van der Waals surface area contributed by atoms with Crippen LogP contribution in [-0.2, 0) is 11.2 Å². The van der Waals surface area contributed by atoms with Crippen molar-refractivity contribution < 1.29 is 9.90 Å². The maximum Gasteiger partial charge on any atom is 0.219 e. The van der Waals surface area contributed by atoms with Gasteiger partial charge in [-0.15, -0.1) is 0 Å². The summed E-state index contributed by atoms with van der Waals surface area (Å²) in [5.41, 5.74) is 7.03. The number of rotatable bonds is 6. The van der Waals surface area contributed by atoms with Crippen molar-refractivity contribution in [2.45, 2.75) is 13.3 Å². The summed E-state index contributed by atoms with van der Waals surface area (Å²) in [5.74, 6) is 0.866. The van der Waals surface area contributed by atoms with E-state index in [9.17, 15) is 9.90 Å². The van der Waals surface area contributed by atoms with Crippen LogP contribution in [0.3, 0.4) is 0 Å². The maximum absolute atomic E-state index is 11.6. The molecule has 0 saturated carbocycles. The first-order valence-corrected chi connectivity index (χ1v) is 12.5. The van der Waals surface area contributed by atoms with Gasteiger partial charge in [-0.3, -0.25) is 4.79 Å². The number of anilines is 3. The van der Waals surface area contributed by atoms with Crippen LogP contribution in [0.25, 0.3) is 27.7 Å². The molecule has 37 heavy (non-hydrogen) atoms. The first kappa shape index (κ1) is 23.1. The number of fused-ring (bicyclic) bond motifs is 2. The molecule has 1 amide bonds.